The number of nitrogens with one attached hydrogen (secondary N) is 2. The Kier molecular flexibility index (Phi) is 8.47. The summed E-state index contributed by atoms with van der Waals surface area (Å²) in [6, 6.07) is 2.64. The van der Waals surface area contributed by atoms with Crippen LogP contribution in [0.1, 0.15) is 53.9 Å². The normalized spacial score (nSPS) is 20.4. The summed E-state index contributed by atoms with van der Waals surface area (Å²) in [6.07, 6.45) is 2.09. The van der Waals surface area contributed by atoms with Gasteiger partial charge in [0.1, 0.15) is 5.69 Å². The van der Waals surface area contributed by atoms with E-state index in [0.29, 0.717) is 38.3 Å². The minimum absolute atomic E-state index is 0.00585. The van der Waals surface area contributed by atoms with Gasteiger partial charge in [-0.1, -0.05) is 6.42 Å². The van der Waals surface area contributed by atoms with Crippen molar-refractivity contribution in [1.29, 1.82) is 0 Å². The summed E-state index contributed by atoms with van der Waals surface area (Å²) in [5.41, 5.74) is 0.394. The molecule has 1 unspecified atom stereocenters. The number of rotatable bonds is 9. The maximum Gasteiger partial charge on any atom is 0.216 e. The fourth-order valence-electron chi connectivity index (χ4n) is 3.41. The van der Waals surface area contributed by atoms with E-state index < -0.39 is 26.4 Å². The summed E-state index contributed by atoms with van der Waals surface area (Å²) in [7, 11) is -3.32. The van der Waals surface area contributed by atoms with Crippen LogP contribution in [-0.2, 0) is 14.8 Å². The van der Waals surface area contributed by atoms with Crippen molar-refractivity contribution in [3.05, 3.63) is 23.8 Å². The molecule has 30 heavy (non-hydrogen) atoms. The van der Waals surface area contributed by atoms with Gasteiger partial charge in [-0.15, -0.1) is 0 Å². The summed E-state index contributed by atoms with van der Waals surface area (Å²) in [6.45, 7) is 10.6. The maximum atomic E-state index is 14.6. The zero-order chi connectivity index (χ0) is 22.5. The zero-order valence-electron chi connectivity index (χ0n) is 18.6. The molecule has 172 valence electrons. The van der Waals surface area contributed by atoms with Gasteiger partial charge in [0.15, 0.2) is 11.6 Å². The number of halogens is 2. The molecule has 6 nitrogen and oxygen atoms in total. The lowest BCUT2D eigenvalue weighted by atomic mass is 10.1. The van der Waals surface area contributed by atoms with E-state index in [1.54, 1.807) is 25.7 Å². The van der Waals surface area contributed by atoms with Crippen LogP contribution in [-0.4, -0.2) is 51.6 Å². The molecule has 0 saturated carbocycles. The van der Waals surface area contributed by atoms with Crippen molar-refractivity contribution in [3.8, 4) is 0 Å². The Balaban J connectivity index is 1.79. The molecular formula is C21H35F2N3O3S. The van der Waals surface area contributed by atoms with Gasteiger partial charge in [0.2, 0.25) is 10.0 Å². The average molecular weight is 448 g/mol. The van der Waals surface area contributed by atoms with Crippen LogP contribution in [0.25, 0.3) is 0 Å². The topological polar surface area (TPSA) is 70.7 Å². The van der Waals surface area contributed by atoms with Crippen molar-refractivity contribution in [3.63, 3.8) is 0 Å². The number of morpholine rings is 1. The van der Waals surface area contributed by atoms with Gasteiger partial charge in [0, 0.05) is 31.9 Å². The van der Waals surface area contributed by atoms with Gasteiger partial charge >= 0.3 is 0 Å². The van der Waals surface area contributed by atoms with Gasteiger partial charge in [-0.25, -0.2) is 21.9 Å². The third kappa shape index (κ3) is 6.78. The fourth-order valence-corrected chi connectivity index (χ4v) is 4.26. The molecule has 0 bridgehead atoms. The Morgan fingerprint density at radius 2 is 1.57 bits per heavy atom. The maximum absolute atomic E-state index is 14.6. The van der Waals surface area contributed by atoms with Crippen LogP contribution in [0.4, 0.5) is 20.2 Å². The first-order chi connectivity index (χ1) is 13.9. The lowest BCUT2D eigenvalue weighted by molar-refractivity contribution is -0.00557. The molecule has 2 atom stereocenters. The molecular weight excluding hydrogens is 412 g/mol. The minimum atomic E-state index is -3.32. The summed E-state index contributed by atoms with van der Waals surface area (Å²) >= 11 is 0. The first kappa shape index (κ1) is 24.8. The van der Waals surface area contributed by atoms with Gasteiger partial charge in [-0.05, 0) is 59.6 Å². The first-order valence-electron chi connectivity index (χ1n) is 10.5. The lowest BCUT2D eigenvalue weighted by Gasteiger charge is -2.37. The Hall–Kier alpha value is -1.45. The smallest absolute Gasteiger partial charge is 0.216 e. The van der Waals surface area contributed by atoms with Crippen LogP contribution in [0.2, 0.25) is 0 Å². The van der Waals surface area contributed by atoms with Gasteiger partial charge in [0.25, 0.3) is 0 Å². The highest BCUT2D eigenvalue weighted by atomic mass is 32.2. The summed E-state index contributed by atoms with van der Waals surface area (Å²) in [5, 5.41) is 3.04. The molecule has 1 saturated heterocycles. The van der Waals surface area contributed by atoms with Gasteiger partial charge in [-0.3, -0.25) is 0 Å². The second kappa shape index (κ2) is 10.2. The molecule has 0 aliphatic carbocycles. The Morgan fingerprint density at radius 3 is 2.10 bits per heavy atom. The van der Waals surface area contributed by atoms with E-state index in [-0.39, 0.29) is 17.9 Å². The van der Waals surface area contributed by atoms with E-state index in [0.717, 1.165) is 12.8 Å². The molecule has 2 rings (SSSR count). The van der Waals surface area contributed by atoms with Crippen molar-refractivity contribution >= 4 is 21.4 Å². The Bertz CT molecular complexity index is 779. The van der Waals surface area contributed by atoms with Gasteiger partial charge < -0.3 is 15.0 Å². The molecule has 2 N–H and O–H groups in total. The van der Waals surface area contributed by atoms with Crippen molar-refractivity contribution in [1.82, 2.24) is 4.72 Å². The number of sulfonamides is 1. The van der Waals surface area contributed by atoms with E-state index in [9.17, 15) is 17.2 Å². The standard InChI is InChI=1S/C21H35F2N3O3S/c1-15-13-26(14-16(2)29-15)20-18(22)11-17(12-19(20)23)24-9-7-6-8-10-25-30(27,28)21(3,4)5/h11-12,15-16,24-25H,6-10,13-14H2,1-5H3/t15-,16?/m1/s1. The van der Waals surface area contributed by atoms with Crippen LogP contribution >= 0.6 is 0 Å². The van der Waals surface area contributed by atoms with E-state index in [2.05, 4.69) is 10.0 Å². The average Bonchev–Trinajstić information content (AvgIpc) is 2.58. The van der Waals surface area contributed by atoms with Crippen molar-refractivity contribution in [2.75, 3.05) is 36.4 Å². The van der Waals surface area contributed by atoms with Gasteiger partial charge in [0.05, 0.1) is 17.0 Å². The molecule has 0 amide bonds. The number of nitrogens with zero attached hydrogens (tertiary/aromatic N) is 1. The molecule has 0 aromatic heterocycles. The first-order valence-corrected chi connectivity index (χ1v) is 12.0. The Labute approximate surface area is 179 Å². The molecule has 1 fully saturated rings. The second-order valence-electron chi connectivity index (χ2n) is 8.95. The second-order valence-corrected chi connectivity index (χ2v) is 11.5. The van der Waals surface area contributed by atoms with Crippen LogP contribution < -0.4 is 14.9 Å². The highest BCUT2D eigenvalue weighted by molar-refractivity contribution is 7.90. The van der Waals surface area contributed by atoms with Crippen LogP contribution in [0.5, 0.6) is 0 Å². The summed E-state index contributed by atoms with van der Waals surface area (Å²) in [4.78, 5) is 1.70. The quantitative estimate of drug-likeness (QED) is 0.562. The predicted molar refractivity (Wildman–Crippen MR) is 118 cm³/mol. The largest absolute Gasteiger partial charge is 0.385 e. The number of anilines is 2. The molecule has 0 spiro atoms. The molecule has 1 aliphatic heterocycles. The summed E-state index contributed by atoms with van der Waals surface area (Å²) < 4.78 is 60.5. The molecule has 9 heteroatoms. The van der Waals surface area contributed by atoms with Crippen molar-refractivity contribution in [2.24, 2.45) is 0 Å². The number of hydrogen-bond donors (Lipinski definition) is 2. The summed E-state index contributed by atoms with van der Waals surface area (Å²) in [5.74, 6) is -1.18. The molecule has 1 aromatic carbocycles. The monoisotopic (exact) mass is 447 g/mol. The Morgan fingerprint density at radius 1 is 1.03 bits per heavy atom. The minimum Gasteiger partial charge on any atom is -0.385 e. The molecule has 0 radical (unpaired) electrons. The van der Waals surface area contributed by atoms with E-state index in [1.165, 1.54) is 12.1 Å². The highest BCUT2D eigenvalue weighted by Crippen LogP contribution is 2.29. The SMILES string of the molecule is CC1CN(c2c(F)cc(NCCCCCNS(=O)(=O)C(C)(C)C)cc2F)C[C@@H](C)O1. The lowest BCUT2D eigenvalue weighted by Crippen LogP contribution is -2.46. The molecule has 1 aromatic rings. The molecule has 1 aliphatic rings. The van der Waals surface area contributed by atoms with Crippen molar-refractivity contribution < 1.29 is 21.9 Å². The van der Waals surface area contributed by atoms with Crippen LogP contribution in [0.15, 0.2) is 12.1 Å². The van der Waals surface area contributed by atoms with E-state index >= 15 is 0 Å². The third-order valence-corrected chi connectivity index (χ3v) is 7.23. The number of ether oxygens (including phenoxy) is 1. The van der Waals surface area contributed by atoms with E-state index in [4.69, 9.17) is 4.74 Å². The van der Waals surface area contributed by atoms with E-state index in [1.807, 2.05) is 13.8 Å². The number of benzene rings is 1. The van der Waals surface area contributed by atoms with Gasteiger partial charge in [-0.2, -0.15) is 0 Å². The third-order valence-electron chi connectivity index (χ3n) is 5.03. The fraction of sp³-hybridized carbons (Fsp3) is 0.714. The zero-order valence-corrected chi connectivity index (χ0v) is 19.4. The van der Waals surface area contributed by atoms with Crippen LogP contribution in [0.3, 0.4) is 0 Å². The predicted octanol–water partition coefficient (Wildman–Crippen LogP) is 3.88. The van der Waals surface area contributed by atoms with Crippen molar-refractivity contribution in [2.45, 2.75) is 70.8 Å². The molecule has 1 heterocycles. The highest BCUT2D eigenvalue weighted by Gasteiger charge is 2.28. The van der Waals surface area contributed by atoms with Crippen LogP contribution in [0, 0.1) is 11.6 Å². The number of hydrogen-bond acceptors (Lipinski definition) is 5. The number of unbranched alkanes of at least 4 members (excludes halogenated alkanes) is 2.